The van der Waals surface area contributed by atoms with Crippen molar-refractivity contribution in [2.45, 2.75) is 59.3 Å². The Bertz CT molecular complexity index is 1290. The number of ketones is 1. The molecule has 37 heavy (non-hydrogen) atoms. The van der Waals surface area contributed by atoms with E-state index < -0.39 is 13.3 Å². The lowest BCUT2D eigenvalue weighted by molar-refractivity contribution is 0.103. The van der Waals surface area contributed by atoms with Gasteiger partial charge in [0.05, 0.1) is 19.5 Å². The van der Waals surface area contributed by atoms with Crippen LogP contribution >= 0.6 is 7.80 Å². The summed E-state index contributed by atoms with van der Waals surface area (Å²) in [6.45, 7) is 12.6. The van der Waals surface area contributed by atoms with Crippen molar-refractivity contribution in [2.75, 3.05) is 14.2 Å². The van der Waals surface area contributed by atoms with Crippen molar-refractivity contribution in [3.05, 3.63) is 88.0 Å². The number of ether oxygens (including phenoxy) is 2. The molecule has 0 spiro atoms. The fourth-order valence-electron chi connectivity index (χ4n) is 4.47. The van der Waals surface area contributed by atoms with Gasteiger partial charge in [0, 0.05) is 11.1 Å². The molecule has 0 aliphatic rings. The summed E-state index contributed by atoms with van der Waals surface area (Å²) in [6, 6.07) is 15.8. The summed E-state index contributed by atoms with van der Waals surface area (Å²) in [5.41, 5.74) is 3.46. The molecular weight excluding hydrogens is 483 g/mol. The van der Waals surface area contributed by atoms with Gasteiger partial charge in [-0.2, -0.15) is 0 Å². The molecule has 3 rings (SSSR count). The van der Waals surface area contributed by atoms with Crippen LogP contribution in [0.5, 0.6) is 11.5 Å². The molecule has 6 heteroatoms. The number of methoxy groups -OCH3 is 2. The fraction of sp³-hybridized carbons (Fsp3) is 0.355. The van der Waals surface area contributed by atoms with Crippen molar-refractivity contribution in [3.8, 4) is 11.5 Å². The molecule has 1 unspecified atom stereocenters. The number of hydrogen-bond donors (Lipinski definition) is 0. The summed E-state index contributed by atoms with van der Waals surface area (Å²) in [5.74, 6) is 0.844. The van der Waals surface area contributed by atoms with E-state index in [0.29, 0.717) is 11.5 Å². The van der Waals surface area contributed by atoms with Crippen LogP contribution in [-0.4, -0.2) is 25.5 Å². The molecule has 0 saturated carbocycles. The lowest BCUT2D eigenvalue weighted by Gasteiger charge is -2.22. The first-order valence-corrected chi connectivity index (χ1v) is 13.8. The summed E-state index contributed by atoms with van der Waals surface area (Å²) in [6.07, 6.45) is 0. The minimum atomic E-state index is -2.64. The number of rotatable bonds is 10. The lowest BCUT2D eigenvalue weighted by Crippen LogP contribution is -2.20. The minimum absolute atomic E-state index is 0.0999. The summed E-state index contributed by atoms with van der Waals surface area (Å²) in [7, 11) is 0.248. The van der Waals surface area contributed by atoms with Gasteiger partial charge in [-0.15, -0.1) is 0 Å². The first kappa shape index (κ1) is 28.3. The van der Waals surface area contributed by atoms with Crippen molar-refractivity contribution in [1.29, 1.82) is 0 Å². The predicted molar refractivity (Wildman–Crippen MR) is 150 cm³/mol. The quantitative estimate of drug-likeness (QED) is 0.204. The normalized spacial score (nSPS) is 11.7. The molecule has 0 saturated heterocycles. The van der Waals surface area contributed by atoms with Gasteiger partial charge in [0.1, 0.15) is 17.1 Å². The Morgan fingerprint density at radius 1 is 0.703 bits per heavy atom. The third kappa shape index (κ3) is 5.67. The van der Waals surface area contributed by atoms with E-state index in [1.54, 1.807) is 42.5 Å². The third-order valence-corrected chi connectivity index (χ3v) is 7.97. The molecule has 3 aromatic rings. The maximum absolute atomic E-state index is 14.2. The smallest absolute Gasteiger partial charge is 0.254 e. The van der Waals surface area contributed by atoms with E-state index in [0.717, 1.165) is 11.1 Å². The molecule has 0 heterocycles. The SMILES string of the molecule is COc1cccc(OC)c1C(=O)[P](=O)c1ccccc1C(=O)c1c(C(C)C)cc(C(C)C)cc1C(C)C. The van der Waals surface area contributed by atoms with Crippen molar-refractivity contribution in [1.82, 2.24) is 0 Å². The third-order valence-electron chi connectivity index (χ3n) is 6.55. The maximum atomic E-state index is 14.2. The van der Waals surface area contributed by atoms with E-state index in [-0.39, 0.29) is 45.5 Å². The highest BCUT2D eigenvalue weighted by Crippen LogP contribution is 2.39. The van der Waals surface area contributed by atoms with Gasteiger partial charge < -0.3 is 9.47 Å². The summed E-state index contributed by atoms with van der Waals surface area (Å²) < 4.78 is 24.5. The minimum Gasteiger partial charge on any atom is -0.496 e. The number of carbonyl (C=O) groups excluding carboxylic acids is 2. The average molecular weight is 520 g/mol. The monoisotopic (exact) mass is 519 g/mol. The Kier molecular flexibility index (Phi) is 9.04. The molecule has 5 nitrogen and oxygen atoms in total. The molecule has 0 bridgehead atoms. The molecule has 0 aromatic heterocycles. The largest absolute Gasteiger partial charge is 0.496 e. The van der Waals surface area contributed by atoms with Crippen LogP contribution in [0.1, 0.15) is 102 Å². The van der Waals surface area contributed by atoms with E-state index in [1.165, 1.54) is 19.8 Å². The summed E-state index contributed by atoms with van der Waals surface area (Å²) in [5, 5.41) is 0.206. The van der Waals surface area contributed by atoms with E-state index >= 15 is 0 Å². The van der Waals surface area contributed by atoms with Crippen molar-refractivity contribution >= 4 is 24.4 Å². The fourth-order valence-corrected chi connectivity index (χ4v) is 5.73. The van der Waals surface area contributed by atoms with Crippen LogP contribution in [0, 0.1) is 0 Å². The van der Waals surface area contributed by atoms with Gasteiger partial charge in [0.15, 0.2) is 13.6 Å². The zero-order valence-corrected chi connectivity index (χ0v) is 23.8. The molecule has 0 fully saturated rings. The Balaban J connectivity index is 2.20. The highest BCUT2D eigenvalue weighted by Gasteiger charge is 2.30. The first-order chi connectivity index (χ1) is 17.5. The van der Waals surface area contributed by atoms with Gasteiger partial charge in [-0.05, 0) is 58.7 Å². The molecule has 195 valence electrons. The number of benzene rings is 3. The average Bonchev–Trinajstić information content (AvgIpc) is 2.90. The molecule has 0 N–H and O–H groups in total. The molecule has 1 atom stereocenters. The van der Waals surface area contributed by atoms with Gasteiger partial charge in [-0.3, -0.25) is 14.2 Å². The van der Waals surface area contributed by atoms with E-state index in [2.05, 4.69) is 53.7 Å². The van der Waals surface area contributed by atoms with Crippen LogP contribution in [0.4, 0.5) is 0 Å². The van der Waals surface area contributed by atoms with Crippen LogP contribution in [0.2, 0.25) is 0 Å². The topological polar surface area (TPSA) is 69.7 Å². The first-order valence-electron chi connectivity index (χ1n) is 12.6. The van der Waals surface area contributed by atoms with Gasteiger partial charge in [-0.25, -0.2) is 0 Å². The Morgan fingerprint density at radius 3 is 1.68 bits per heavy atom. The Hall–Kier alpha value is -3.30. The second-order valence-corrected chi connectivity index (χ2v) is 11.5. The maximum Gasteiger partial charge on any atom is 0.254 e. The van der Waals surface area contributed by atoms with Crippen molar-refractivity contribution in [2.24, 2.45) is 0 Å². The zero-order valence-electron chi connectivity index (χ0n) is 22.9. The molecule has 0 amide bonds. The molecule has 0 aliphatic carbocycles. The lowest BCUT2D eigenvalue weighted by atomic mass is 9.81. The van der Waals surface area contributed by atoms with Gasteiger partial charge >= 0.3 is 0 Å². The van der Waals surface area contributed by atoms with E-state index in [9.17, 15) is 14.2 Å². The van der Waals surface area contributed by atoms with Crippen LogP contribution in [0.3, 0.4) is 0 Å². The zero-order chi connectivity index (χ0) is 27.4. The predicted octanol–water partition coefficient (Wildman–Crippen LogP) is 7.60. The van der Waals surface area contributed by atoms with Crippen LogP contribution in [-0.2, 0) is 4.57 Å². The van der Waals surface area contributed by atoms with E-state index in [4.69, 9.17) is 9.47 Å². The van der Waals surface area contributed by atoms with Crippen molar-refractivity contribution < 1.29 is 23.6 Å². The second kappa shape index (κ2) is 11.8. The van der Waals surface area contributed by atoms with Gasteiger partial charge in [0.25, 0.3) is 5.52 Å². The van der Waals surface area contributed by atoms with Crippen LogP contribution in [0.25, 0.3) is 0 Å². The molecule has 0 aliphatic heterocycles. The van der Waals surface area contributed by atoms with Crippen LogP contribution < -0.4 is 14.8 Å². The Morgan fingerprint density at radius 2 is 1.22 bits per heavy atom. The van der Waals surface area contributed by atoms with Gasteiger partial charge in [-0.1, -0.05) is 71.9 Å². The van der Waals surface area contributed by atoms with Crippen molar-refractivity contribution in [3.63, 3.8) is 0 Å². The summed E-state index contributed by atoms with van der Waals surface area (Å²) in [4.78, 5) is 27.8. The molecule has 1 radical (unpaired) electrons. The van der Waals surface area contributed by atoms with Crippen LogP contribution in [0.15, 0.2) is 54.6 Å². The van der Waals surface area contributed by atoms with Gasteiger partial charge in [0.2, 0.25) is 0 Å². The Labute approximate surface area is 221 Å². The second-order valence-electron chi connectivity index (χ2n) is 10.0. The van der Waals surface area contributed by atoms with E-state index in [1.807, 2.05) is 0 Å². The highest BCUT2D eigenvalue weighted by atomic mass is 31.1. The number of hydrogen-bond acceptors (Lipinski definition) is 5. The standard InChI is InChI=1S/C31H36O5P/c1-18(2)21-16-23(19(3)4)28(24(17-21)20(5)6)30(32)22-12-9-10-15-27(22)37(34)31(33)29-25(35-7)13-11-14-26(29)36-8/h9-20H,1-8H3. The molecular formula is C31H36O5P. The summed E-state index contributed by atoms with van der Waals surface area (Å²) >= 11 is 0. The highest BCUT2D eigenvalue weighted by molar-refractivity contribution is 7.71. The molecule has 3 aromatic carbocycles. The number of carbonyl (C=O) groups is 2.